The highest BCUT2D eigenvalue weighted by Gasteiger charge is 2.12. The number of ether oxygens (including phenoxy) is 8. The molecule has 1 aromatic heterocycles. The molecule has 4 aromatic rings. The fourth-order valence-corrected chi connectivity index (χ4v) is 4.36. The number of aliphatic imine (C=N–C) groups is 1. The van der Waals surface area contributed by atoms with Crippen molar-refractivity contribution in [1.29, 1.82) is 0 Å². The molecule has 3 radical (unpaired) electrons. The van der Waals surface area contributed by atoms with Gasteiger partial charge in [0.1, 0.15) is 29.4 Å². The number of H-pyrrole nitrogens is 1. The predicted molar refractivity (Wildman–Crippen MR) is 218 cm³/mol. The molecule has 4 rings (SSSR count). The highest BCUT2D eigenvalue weighted by atomic mass is 35.5. The van der Waals surface area contributed by atoms with Gasteiger partial charge in [-0.3, -0.25) is 14.4 Å². The zero-order chi connectivity index (χ0) is 41.0. The summed E-state index contributed by atoms with van der Waals surface area (Å²) in [6, 6.07) is 21.5. The molecule has 0 saturated heterocycles. The first kappa shape index (κ1) is 53.2. The summed E-state index contributed by atoms with van der Waals surface area (Å²) in [5, 5.41) is 5.91. The third-order valence-electron chi connectivity index (χ3n) is 6.66. The molecular formula is C40H55BClN4O11. The maximum absolute atomic E-state index is 11.8. The van der Waals surface area contributed by atoms with Crippen molar-refractivity contribution in [2.75, 3.05) is 60.1 Å². The van der Waals surface area contributed by atoms with Gasteiger partial charge in [0.15, 0.2) is 23.6 Å². The summed E-state index contributed by atoms with van der Waals surface area (Å²) in [7, 11) is 4.74. The number of pyridine rings is 1. The van der Waals surface area contributed by atoms with E-state index in [2.05, 4.69) is 14.7 Å². The number of halogens is 1. The number of nitrogens with two attached hydrogens (primary N) is 2. The van der Waals surface area contributed by atoms with E-state index in [0.29, 0.717) is 78.6 Å². The number of nitrogens with one attached hydrogen (secondary N) is 1. The number of aromatic amines is 1. The van der Waals surface area contributed by atoms with Crippen LogP contribution in [0, 0.1) is 0 Å². The van der Waals surface area contributed by atoms with Crippen LogP contribution >= 0.6 is 0 Å². The number of hydrogen-bond donors (Lipinski definition) is 3. The SMILES string of the molecule is CCOC(=O)CC(=Nc1ccccc1OC)OCC.CCOC(=[NH2+])CC(=O)OCC.CCOc1cc(=O)c2cccc(OC)c2[nH]1.COc1ccccc1N.[B].[Cl-]. The summed E-state index contributed by atoms with van der Waals surface area (Å²) in [5.41, 5.74) is 7.40. The summed E-state index contributed by atoms with van der Waals surface area (Å²) in [4.78, 5) is 41.3. The number of para-hydroxylation sites is 5. The van der Waals surface area contributed by atoms with Crippen LogP contribution in [0.3, 0.4) is 0 Å². The van der Waals surface area contributed by atoms with E-state index in [9.17, 15) is 14.4 Å². The minimum atomic E-state index is -0.357. The molecule has 0 aliphatic rings. The number of hydrogen-bond acceptors (Lipinski definition) is 13. The van der Waals surface area contributed by atoms with E-state index in [1.807, 2.05) is 44.2 Å². The fourth-order valence-electron chi connectivity index (χ4n) is 4.36. The number of esters is 2. The van der Waals surface area contributed by atoms with Gasteiger partial charge in [-0.05, 0) is 71.0 Å². The first-order valence-electron chi connectivity index (χ1n) is 17.6. The third kappa shape index (κ3) is 20.6. The molecule has 0 spiro atoms. The first-order chi connectivity index (χ1) is 26.5. The van der Waals surface area contributed by atoms with Crippen LogP contribution in [0.2, 0.25) is 0 Å². The topological polar surface area (TPSA) is 205 Å². The van der Waals surface area contributed by atoms with Crippen molar-refractivity contribution in [3.05, 3.63) is 83.0 Å². The molecule has 57 heavy (non-hydrogen) atoms. The monoisotopic (exact) mass is 813 g/mol. The standard InChI is InChI=1S/C14H19NO4.C12H13NO3.C7H13NO3.C7H9NO.B.ClH/c1-4-18-13(10-14(16)19-5-2)15-11-8-6-7-9-12(11)17-3;1-3-16-11-7-9(14)8-5-4-6-10(15-2)12(8)13-11;1-3-10-6(8)5-7(9)11-4-2;1-9-7-5-3-2-4-6(7)8;;/h6-9H,4-5,10H2,1-3H3;4-7H,3H2,1-2H3,(H,13,14);8H,3-5H2,1-2H3;2-5H,8H2,1H3;;1H. The van der Waals surface area contributed by atoms with Crippen molar-refractivity contribution in [2.45, 2.75) is 47.5 Å². The van der Waals surface area contributed by atoms with Crippen LogP contribution in [0.5, 0.6) is 23.1 Å². The van der Waals surface area contributed by atoms with Gasteiger partial charge >= 0.3 is 17.8 Å². The Bertz CT molecular complexity index is 1840. The molecule has 17 heteroatoms. The molecule has 0 unspecified atom stereocenters. The Morgan fingerprint density at radius 3 is 1.74 bits per heavy atom. The predicted octanol–water partition coefficient (Wildman–Crippen LogP) is 1.68. The Labute approximate surface area is 342 Å². The Balaban J connectivity index is 0. The van der Waals surface area contributed by atoms with Crippen molar-refractivity contribution >= 4 is 54.4 Å². The van der Waals surface area contributed by atoms with Gasteiger partial charge in [0.05, 0.1) is 65.6 Å². The van der Waals surface area contributed by atoms with Gasteiger partial charge in [-0.15, -0.1) is 0 Å². The van der Waals surface area contributed by atoms with Crippen LogP contribution < -0.4 is 47.9 Å². The van der Waals surface area contributed by atoms with Crippen LogP contribution in [0.4, 0.5) is 11.4 Å². The van der Waals surface area contributed by atoms with Gasteiger partial charge < -0.3 is 61.0 Å². The number of rotatable bonds is 14. The number of nitrogen functional groups attached to an aromatic ring is 1. The summed E-state index contributed by atoms with van der Waals surface area (Å²) in [5.74, 6) is 2.29. The van der Waals surface area contributed by atoms with E-state index in [1.54, 1.807) is 78.5 Å². The minimum Gasteiger partial charge on any atom is -1.00 e. The maximum Gasteiger partial charge on any atom is 0.344 e. The van der Waals surface area contributed by atoms with E-state index in [-0.39, 0.29) is 56.9 Å². The van der Waals surface area contributed by atoms with E-state index >= 15 is 0 Å². The minimum absolute atomic E-state index is 0. The van der Waals surface area contributed by atoms with Gasteiger partial charge in [0.2, 0.25) is 0 Å². The fraction of sp³-hybridized carbons (Fsp3) is 0.375. The largest absolute Gasteiger partial charge is 1.00 e. The van der Waals surface area contributed by atoms with Crippen LogP contribution in [-0.4, -0.2) is 91.5 Å². The van der Waals surface area contributed by atoms with Crippen LogP contribution in [0.15, 0.2) is 82.6 Å². The molecule has 0 fully saturated rings. The second kappa shape index (κ2) is 31.3. The molecule has 5 N–H and O–H groups in total. The van der Waals surface area contributed by atoms with Crippen molar-refractivity contribution in [3.8, 4) is 23.1 Å². The van der Waals surface area contributed by atoms with Gasteiger partial charge in [0, 0.05) is 19.9 Å². The average molecular weight is 814 g/mol. The van der Waals surface area contributed by atoms with Gasteiger partial charge in [-0.2, -0.15) is 0 Å². The molecule has 0 atom stereocenters. The summed E-state index contributed by atoms with van der Waals surface area (Å²) in [6.45, 7) is 11.1. The van der Waals surface area contributed by atoms with E-state index in [1.165, 1.54) is 6.07 Å². The molecule has 0 amide bonds. The van der Waals surface area contributed by atoms with Crippen molar-refractivity contribution in [1.82, 2.24) is 4.98 Å². The zero-order valence-electron chi connectivity index (χ0n) is 33.9. The molecule has 3 aromatic carbocycles. The summed E-state index contributed by atoms with van der Waals surface area (Å²) >= 11 is 0. The Morgan fingerprint density at radius 2 is 1.21 bits per heavy atom. The van der Waals surface area contributed by atoms with Crippen molar-refractivity contribution < 1.29 is 65.3 Å². The second-order valence-corrected chi connectivity index (χ2v) is 10.5. The molecular weight excluding hydrogens is 759 g/mol. The molecule has 0 aliphatic heterocycles. The summed E-state index contributed by atoms with van der Waals surface area (Å²) < 4.78 is 40.3. The number of benzene rings is 3. The number of methoxy groups -OCH3 is 3. The lowest BCUT2D eigenvalue weighted by Gasteiger charge is -2.09. The van der Waals surface area contributed by atoms with Crippen molar-refractivity contribution in [2.24, 2.45) is 4.99 Å². The number of nitrogens with zero attached hydrogens (tertiary/aromatic N) is 1. The van der Waals surface area contributed by atoms with Gasteiger partial charge in [-0.25, -0.2) is 10.4 Å². The van der Waals surface area contributed by atoms with Crippen LogP contribution in [-0.2, 0) is 28.5 Å². The summed E-state index contributed by atoms with van der Waals surface area (Å²) in [6.07, 6.45) is 0.0570. The number of fused-ring (bicyclic) bond motifs is 1. The number of carbonyl (C=O) groups is 2. The molecule has 0 saturated carbocycles. The molecule has 0 bridgehead atoms. The smallest absolute Gasteiger partial charge is 0.344 e. The zero-order valence-corrected chi connectivity index (χ0v) is 34.7. The van der Waals surface area contributed by atoms with Crippen LogP contribution in [0.25, 0.3) is 10.9 Å². The Hall–Kier alpha value is -5.90. The van der Waals surface area contributed by atoms with E-state index in [4.69, 9.17) is 44.3 Å². The number of anilines is 1. The first-order valence-corrected chi connectivity index (χ1v) is 17.6. The Kier molecular flexibility index (Phi) is 29.2. The van der Waals surface area contributed by atoms with Gasteiger partial charge in [-0.1, -0.05) is 30.3 Å². The highest BCUT2D eigenvalue weighted by molar-refractivity contribution is 5.95. The second-order valence-electron chi connectivity index (χ2n) is 10.5. The molecule has 1 heterocycles. The normalized spacial score (nSPS) is 9.72. The highest BCUT2D eigenvalue weighted by Crippen LogP contribution is 2.27. The molecule has 311 valence electrons. The van der Waals surface area contributed by atoms with Gasteiger partial charge in [0.25, 0.3) is 0 Å². The lowest BCUT2D eigenvalue weighted by molar-refractivity contribution is -0.154. The van der Waals surface area contributed by atoms with E-state index < -0.39 is 0 Å². The lowest BCUT2D eigenvalue weighted by Crippen LogP contribution is -3.00. The third-order valence-corrected chi connectivity index (χ3v) is 6.66. The number of carbonyl (C=O) groups excluding carboxylic acids is 2. The Morgan fingerprint density at radius 1 is 0.684 bits per heavy atom. The average Bonchev–Trinajstić information content (AvgIpc) is 3.16. The quantitative estimate of drug-likeness (QED) is 0.0547. The molecule has 15 nitrogen and oxygen atoms in total. The number of aromatic nitrogens is 1. The van der Waals surface area contributed by atoms with Crippen LogP contribution in [0.1, 0.15) is 47.5 Å². The lowest BCUT2D eigenvalue weighted by atomic mass is 10.2. The maximum atomic E-state index is 11.8. The van der Waals surface area contributed by atoms with E-state index in [0.717, 1.165) is 5.75 Å². The van der Waals surface area contributed by atoms with Crippen molar-refractivity contribution in [3.63, 3.8) is 0 Å². The molecule has 0 aliphatic carbocycles.